The zero-order valence-electron chi connectivity index (χ0n) is 9.96. The highest BCUT2D eigenvalue weighted by atomic mass is 35.5. The Morgan fingerprint density at radius 2 is 2.25 bits per heavy atom. The molecule has 1 heterocycles. The fraction of sp³-hybridized carbons (Fsp3) is 0.636. The van der Waals surface area contributed by atoms with Gasteiger partial charge in [0.25, 0.3) is 0 Å². The van der Waals surface area contributed by atoms with Gasteiger partial charge in [-0.2, -0.15) is 4.98 Å². The van der Waals surface area contributed by atoms with E-state index in [0.717, 1.165) is 19.4 Å². The van der Waals surface area contributed by atoms with Crippen LogP contribution in [-0.2, 0) is 0 Å². The van der Waals surface area contributed by atoms with Gasteiger partial charge in [0.05, 0.1) is 12.3 Å². The summed E-state index contributed by atoms with van der Waals surface area (Å²) >= 11 is 5.96. The van der Waals surface area contributed by atoms with Crippen LogP contribution in [0, 0.1) is 0 Å². The maximum Gasteiger partial charge on any atom is 0.237 e. The monoisotopic (exact) mass is 243 g/mol. The van der Waals surface area contributed by atoms with Gasteiger partial charge in [0, 0.05) is 6.54 Å². The molecule has 0 spiro atoms. The minimum absolute atomic E-state index is 0.117. The van der Waals surface area contributed by atoms with E-state index in [4.69, 9.17) is 16.3 Å². The van der Waals surface area contributed by atoms with Crippen molar-refractivity contribution in [3.8, 4) is 5.88 Å². The first-order valence-electron chi connectivity index (χ1n) is 5.60. The summed E-state index contributed by atoms with van der Waals surface area (Å²) in [6, 6.07) is 0. The summed E-state index contributed by atoms with van der Waals surface area (Å²) < 4.78 is 5.65. The Hall–Kier alpha value is -1.03. The third kappa shape index (κ3) is 3.85. The van der Waals surface area contributed by atoms with E-state index in [9.17, 15) is 0 Å². The van der Waals surface area contributed by atoms with Crippen molar-refractivity contribution in [1.82, 2.24) is 9.97 Å². The summed E-state index contributed by atoms with van der Waals surface area (Å²) in [6.07, 6.45) is 3.73. The molecule has 0 aliphatic carbocycles. The largest absolute Gasteiger partial charge is 0.473 e. The van der Waals surface area contributed by atoms with Crippen LogP contribution in [0.1, 0.15) is 33.6 Å². The summed E-state index contributed by atoms with van der Waals surface area (Å²) in [5.74, 6) is 0.999. The number of aromatic nitrogens is 2. The second-order valence-corrected chi connectivity index (χ2v) is 4.00. The smallest absolute Gasteiger partial charge is 0.237 e. The lowest BCUT2D eigenvalue weighted by Crippen LogP contribution is -2.13. The molecule has 1 rings (SSSR count). The van der Waals surface area contributed by atoms with E-state index < -0.39 is 0 Å². The summed E-state index contributed by atoms with van der Waals surface area (Å²) in [6.45, 7) is 6.88. The third-order valence-electron chi connectivity index (χ3n) is 2.05. The molecule has 16 heavy (non-hydrogen) atoms. The van der Waals surface area contributed by atoms with Crippen molar-refractivity contribution in [3.63, 3.8) is 0 Å². The van der Waals surface area contributed by atoms with Crippen LogP contribution in [0.3, 0.4) is 0 Å². The highest BCUT2D eigenvalue weighted by molar-refractivity contribution is 6.31. The molecule has 0 radical (unpaired) electrons. The van der Waals surface area contributed by atoms with Crippen LogP contribution < -0.4 is 10.1 Å². The lowest BCUT2D eigenvalue weighted by atomic mass is 10.2. The predicted molar refractivity (Wildman–Crippen MR) is 66.2 cm³/mol. The van der Waals surface area contributed by atoms with Crippen molar-refractivity contribution in [2.45, 2.75) is 39.7 Å². The molecular formula is C11H18ClN3O. The minimum atomic E-state index is 0.117. The topological polar surface area (TPSA) is 47.0 Å². The first kappa shape index (κ1) is 13.0. The number of nitrogens with one attached hydrogen (secondary N) is 1. The molecule has 0 saturated carbocycles. The van der Waals surface area contributed by atoms with E-state index in [1.807, 2.05) is 13.8 Å². The molecule has 0 fully saturated rings. The van der Waals surface area contributed by atoms with Crippen LogP contribution in [0.15, 0.2) is 6.20 Å². The van der Waals surface area contributed by atoms with Crippen molar-refractivity contribution >= 4 is 17.5 Å². The first-order valence-corrected chi connectivity index (χ1v) is 5.98. The highest BCUT2D eigenvalue weighted by Crippen LogP contribution is 2.23. The highest BCUT2D eigenvalue weighted by Gasteiger charge is 2.10. The molecule has 1 unspecified atom stereocenters. The summed E-state index contributed by atoms with van der Waals surface area (Å²) in [4.78, 5) is 8.26. The number of halogens is 1. The zero-order valence-corrected chi connectivity index (χ0v) is 10.7. The molecule has 1 atom stereocenters. The lowest BCUT2D eigenvalue weighted by molar-refractivity contribution is 0.201. The molecule has 0 aliphatic heterocycles. The number of hydrogen-bond donors (Lipinski definition) is 1. The molecule has 5 heteroatoms. The summed E-state index contributed by atoms with van der Waals surface area (Å²) in [7, 11) is 0. The number of hydrogen-bond acceptors (Lipinski definition) is 4. The number of anilines is 1. The molecule has 0 amide bonds. The van der Waals surface area contributed by atoms with Crippen molar-refractivity contribution in [1.29, 1.82) is 0 Å². The summed E-state index contributed by atoms with van der Waals surface area (Å²) in [5.41, 5.74) is 0. The Bertz CT molecular complexity index is 333. The van der Waals surface area contributed by atoms with Gasteiger partial charge in [0.1, 0.15) is 5.02 Å². The predicted octanol–water partition coefficient (Wildman–Crippen LogP) is 3.13. The average Bonchev–Trinajstić information content (AvgIpc) is 2.24. The average molecular weight is 244 g/mol. The number of nitrogens with zero attached hydrogens (tertiary/aromatic N) is 2. The molecule has 1 N–H and O–H groups in total. The van der Waals surface area contributed by atoms with E-state index >= 15 is 0 Å². The van der Waals surface area contributed by atoms with Gasteiger partial charge in [-0.1, -0.05) is 24.9 Å². The maximum absolute atomic E-state index is 5.96. The molecule has 0 aliphatic rings. The Morgan fingerprint density at radius 3 is 2.88 bits per heavy atom. The van der Waals surface area contributed by atoms with Crippen LogP contribution in [0.5, 0.6) is 5.88 Å². The molecule has 0 saturated heterocycles. The van der Waals surface area contributed by atoms with Gasteiger partial charge < -0.3 is 10.1 Å². The minimum Gasteiger partial charge on any atom is -0.473 e. The van der Waals surface area contributed by atoms with Gasteiger partial charge >= 0.3 is 0 Å². The van der Waals surface area contributed by atoms with Gasteiger partial charge in [-0.25, -0.2) is 4.98 Å². The van der Waals surface area contributed by atoms with Crippen LogP contribution in [0.4, 0.5) is 5.95 Å². The second-order valence-electron chi connectivity index (χ2n) is 3.59. The van der Waals surface area contributed by atoms with Gasteiger partial charge in [-0.05, 0) is 20.3 Å². The Labute approximate surface area is 101 Å². The molecule has 90 valence electrons. The van der Waals surface area contributed by atoms with Gasteiger partial charge in [-0.15, -0.1) is 0 Å². The van der Waals surface area contributed by atoms with Gasteiger partial charge in [0.15, 0.2) is 0 Å². The van der Waals surface area contributed by atoms with Crippen molar-refractivity contribution in [2.75, 3.05) is 11.9 Å². The lowest BCUT2D eigenvalue weighted by Gasteiger charge is -2.14. The second kappa shape index (κ2) is 6.53. The standard InChI is InChI=1S/C11H18ClN3O/c1-4-6-8(3)16-10-9(12)7-14-11(15-10)13-5-2/h7-8H,4-6H2,1-3H3,(H,13,14,15). The summed E-state index contributed by atoms with van der Waals surface area (Å²) in [5, 5.41) is 3.47. The van der Waals surface area contributed by atoms with Crippen molar-refractivity contribution in [2.24, 2.45) is 0 Å². The van der Waals surface area contributed by atoms with E-state index in [2.05, 4.69) is 22.2 Å². The molecule has 1 aromatic heterocycles. The maximum atomic E-state index is 5.96. The molecule has 1 aromatic rings. The Kier molecular flexibility index (Phi) is 5.32. The number of ether oxygens (including phenoxy) is 1. The van der Waals surface area contributed by atoms with Gasteiger partial charge in [-0.3, -0.25) is 0 Å². The van der Waals surface area contributed by atoms with E-state index in [1.165, 1.54) is 0 Å². The first-order chi connectivity index (χ1) is 7.67. The fourth-order valence-electron chi connectivity index (χ4n) is 1.33. The SMILES string of the molecule is CCCC(C)Oc1nc(NCC)ncc1Cl. The Morgan fingerprint density at radius 1 is 1.50 bits per heavy atom. The van der Waals surface area contributed by atoms with Crippen LogP contribution >= 0.6 is 11.6 Å². The van der Waals surface area contributed by atoms with Crippen LogP contribution in [-0.4, -0.2) is 22.6 Å². The van der Waals surface area contributed by atoms with Crippen molar-refractivity contribution < 1.29 is 4.74 Å². The normalized spacial score (nSPS) is 12.2. The Balaban J connectivity index is 2.73. The molecular weight excluding hydrogens is 226 g/mol. The quantitative estimate of drug-likeness (QED) is 0.834. The van der Waals surface area contributed by atoms with E-state index in [1.54, 1.807) is 6.20 Å². The van der Waals surface area contributed by atoms with Crippen molar-refractivity contribution in [3.05, 3.63) is 11.2 Å². The molecule has 0 bridgehead atoms. The van der Waals surface area contributed by atoms with Gasteiger partial charge in [0.2, 0.25) is 11.8 Å². The zero-order chi connectivity index (χ0) is 12.0. The third-order valence-corrected chi connectivity index (χ3v) is 2.31. The molecule has 0 aromatic carbocycles. The molecule has 4 nitrogen and oxygen atoms in total. The fourth-order valence-corrected chi connectivity index (χ4v) is 1.47. The number of rotatable bonds is 6. The van der Waals surface area contributed by atoms with Crippen LogP contribution in [0.2, 0.25) is 5.02 Å². The van der Waals surface area contributed by atoms with E-state index in [0.29, 0.717) is 16.9 Å². The van der Waals surface area contributed by atoms with Crippen LogP contribution in [0.25, 0.3) is 0 Å². The van der Waals surface area contributed by atoms with E-state index in [-0.39, 0.29) is 6.10 Å².